The zero-order valence-electron chi connectivity index (χ0n) is 14.6. The fraction of sp³-hybridized carbons (Fsp3) is 0.450. The number of carboxylic acids is 1. The van der Waals surface area contributed by atoms with E-state index in [2.05, 4.69) is 10.2 Å². The van der Waals surface area contributed by atoms with Gasteiger partial charge in [0.15, 0.2) is 5.82 Å². The van der Waals surface area contributed by atoms with Crippen LogP contribution in [0.5, 0.6) is 0 Å². The first-order chi connectivity index (χ1) is 12.6. The van der Waals surface area contributed by atoms with Crippen LogP contribution in [0.4, 0.5) is 5.82 Å². The normalized spacial score (nSPS) is 25.9. The Hall–Kier alpha value is -2.47. The molecule has 2 atom stereocenters. The van der Waals surface area contributed by atoms with Crippen molar-refractivity contribution < 1.29 is 15.0 Å². The van der Waals surface area contributed by atoms with Gasteiger partial charge in [0.05, 0.1) is 11.8 Å². The summed E-state index contributed by atoms with van der Waals surface area (Å²) < 4.78 is 0. The lowest BCUT2D eigenvalue weighted by atomic mass is 9.73. The summed E-state index contributed by atoms with van der Waals surface area (Å²) in [6.45, 7) is 0.861. The molecule has 1 saturated carbocycles. The van der Waals surface area contributed by atoms with Crippen LogP contribution in [0.2, 0.25) is 0 Å². The van der Waals surface area contributed by atoms with Crippen LogP contribution in [-0.4, -0.2) is 45.6 Å². The molecule has 0 bridgehead atoms. The van der Waals surface area contributed by atoms with E-state index in [1.54, 1.807) is 0 Å². The third kappa shape index (κ3) is 3.17. The second kappa shape index (κ2) is 6.68. The second-order valence-corrected chi connectivity index (χ2v) is 7.48. The highest BCUT2D eigenvalue weighted by Gasteiger charge is 2.52. The number of benzene rings is 1. The summed E-state index contributed by atoms with van der Waals surface area (Å²) in [4.78, 5) is 14.0. The lowest BCUT2D eigenvalue weighted by Crippen LogP contribution is -2.56. The lowest BCUT2D eigenvalue weighted by molar-refractivity contribution is -0.158. The minimum absolute atomic E-state index is 0.277. The van der Waals surface area contributed by atoms with Gasteiger partial charge < -0.3 is 15.1 Å². The molecule has 1 aromatic carbocycles. The molecule has 1 saturated heterocycles. The Morgan fingerprint density at radius 2 is 1.88 bits per heavy atom. The number of anilines is 1. The number of aromatic nitrogens is 2. The summed E-state index contributed by atoms with van der Waals surface area (Å²) in [6, 6.07) is 13.6. The Balaban J connectivity index is 1.56. The zero-order valence-corrected chi connectivity index (χ0v) is 14.6. The summed E-state index contributed by atoms with van der Waals surface area (Å²) in [5.74, 6) is 0.181. The molecule has 0 spiro atoms. The van der Waals surface area contributed by atoms with Crippen LogP contribution in [0.1, 0.15) is 25.7 Å². The van der Waals surface area contributed by atoms with E-state index in [9.17, 15) is 15.0 Å². The maximum Gasteiger partial charge on any atom is 0.314 e. The summed E-state index contributed by atoms with van der Waals surface area (Å²) in [7, 11) is 0. The molecule has 0 unspecified atom stereocenters. The van der Waals surface area contributed by atoms with Crippen molar-refractivity contribution in [1.29, 1.82) is 0 Å². The number of aliphatic hydroxyl groups is 1. The molecule has 2 N–H and O–H groups in total. The van der Waals surface area contributed by atoms with Gasteiger partial charge in [0, 0.05) is 18.7 Å². The third-order valence-electron chi connectivity index (χ3n) is 5.60. The number of carbonyl (C=O) groups is 1. The maximum absolute atomic E-state index is 12.0. The maximum atomic E-state index is 12.0. The van der Waals surface area contributed by atoms with Crippen LogP contribution in [0.25, 0.3) is 11.3 Å². The summed E-state index contributed by atoms with van der Waals surface area (Å²) in [5.41, 5.74) is 0.669. The van der Waals surface area contributed by atoms with Crippen molar-refractivity contribution in [2.45, 2.75) is 31.8 Å². The first-order valence-electron chi connectivity index (χ1n) is 9.14. The van der Waals surface area contributed by atoms with Crippen molar-refractivity contribution in [1.82, 2.24) is 10.2 Å². The van der Waals surface area contributed by atoms with Crippen molar-refractivity contribution in [3.05, 3.63) is 42.5 Å². The number of rotatable bonds is 5. The van der Waals surface area contributed by atoms with Gasteiger partial charge >= 0.3 is 5.97 Å². The van der Waals surface area contributed by atoms with Gasteiger partial charge in [-0.25, -0.2) is 0 Å². The first-order valence-corrected chi connectivity index (χ1v) is 9.14. The summed E-state index contributed by atoms with van der Waals surface area (Å²) >= 11 is 0. The highest BCUT2D eigenvalue weighted by atomic mass is 16.4. The monoisotopic (exact) mass is 353 g/mol. The van der Waals surface area contributed by atoms with Gasteiger partial charge in [-0.2, -0.15) is 0 Å². The average Bonchev–Trinajstić information content (AvgIpc) is 3.48. The molecule has 2 heterocycles. The SMILES string of the molecule is O=C(O)[C@]1(CC2CC2)CN(c2ccc(-c3ccccc3)nn2)CC[C@H]1O. The molecule has 6 heteroatoms. The molecule has 26 heavy (non-hydrogen) atoms. The largest absolute Gasteiger partial charge is 0.481 e. The van der Waals surface area contributed by atoms with Crippen molar-refractivity contribution in [2.75, 3.05) is 18.0 Å². The minimum atomic E-state index is -1.11. The van der Waals surface area contributed by atoms with E-state index in [-0.39, 0.29) is 6.54 Å². The van der Waals surface area contributed by atoms with Crippen LogP contribution in [0.3, 0.4) is 0 Å². The lowest BCUT2D eigenvalue weighted by Gasteiger charge is -2.43. The van der Waals surface area contributed by atoms with E-state index in [0.717, 1.165) is 24.1 Å². The van der Waals surface area contributed by atoms with Crippen molar-refractivity contribution in [2.24, 2.45) is 11.3 Å². The fourth-order valence-electron chi connectivity index (χ4n) is 3.87. The minimum Gasteiger partial charge on any atom is -0.481 e. The summed E-state index contributed by atoms with van der Waals surface area (Å²) in [5, 5.41) is 29.0. The number of hydrogen-bond donors (Lipinski definition) is 2. The smallest absolute Gasteiger partial charge is 0.314 e. The quantitative estimate of drug-likeness (QED) is 0.859. The van der Waals surface area contributed by atoms with E-state index in [4.69, 9.17) is 0 Å². The number of aliphatic hydroxyl groups excluding tert-OH is 1. The molecule has 1 aliphatic heterocycles. The van der Waals surface area contributed by atoms with E-state index in [1.165, 1.54) is 0 Å². The molecule has 2 aromatic rings. The van der Waals surface area contributed by atoms with Gasteiger partial charge in [-0.05, 0) is 30.9 Å². The Bertz CT molecular complexity index is 777. The molecule has 0 amide bonds. The topological polar surface area (TPSA) is 86.5 Å². The van der Waals surface area contributed by atoms with Gasteiger partial charge in [0.2, 0.25) is 0 Å². The average molecular weight is 353 g/mol. The Labute approximate surface area is 152 Å². The number of aliphatic carboxylic acids is 1. The molecule has 2 aliphatic rings. The van der Waals surface area contributed by atoms with Gasteiger partial charge in [-0.15, -0.1) is 10.2 Å². The van der Waals surface area contributed by atoms with Crippen LogP contribution >= 0.6 is 0 Å². The molecular formula is C20H23N3O3. The van der Waals surface area contributed by atoms with Crippen molar-refractivity contribution >= 4 is 11.8 Å². The highest BCUT2D eigenvalue weighted by molar-refractivity contribution is 5.77. The molecule has 1 aromatic heterocycles. The van der Waals surface area contributed by atoms with Crippen LogP contribution in [0.15, 0.2) is 42.5 Å². The van der Waals surface area contributed by atoms with Gasteiger partial charge in [-0.3, -0.25) is 4.79 Å². The van der Waals surface area contributed by atoms with Gasteiger partial charge in [0.1, 0.15) is 5.41 Å². The Morgan fingerprint density at radius 1 is 1.12 bits per heavy atom. The number of piperidine rings is 1. The van der Waals surface area contributed by atoms with E-state index in [1.807, 2.05) is 47.4 Å². The number of carboxylic acid groups (broad SMARTS) is 1. The van der Waals surface area contributed by atoms with Crippen molar-refractivity contribution in [3.8, 4) is 11.3 Å². The fourth-order valence-corrected chi connectivity index (χ4v) is 3.87. The van der Waals surface area contributed by atoms with Gasteiger partial charge in [0.25, 0.3) is 0 Å². The second-order valence-electron chi connectivity index (χ2n) is 7.48. The summed E-state index contributed by atoms with van der Waals surface area (Å²) in [6.07, 6.45) is 2.28. The molecule has 6 nitrogen and oxygen atoms in total. The number of hydrogen-bond acceptors (Lipinski definition) is 5. The van der Waals surface area contributed by atoms with E-state index >= 15 is 0 Å². The number of nitrogens with zero attached hydrogens (tertiary/aromatic N) is 3. The predicted octanol–water partition coefficient (Wildman–Crippen LogP) is 2.59. The Morgan fingerprint density at radius 3 is 2.50 bits per heavy atom. The molecule has 136 valence electrons. The van der Waals surface area contributed by atoms with Crippen LogP contribution < -0.4 is 4.90 Å². The third-order valence-corrected chi connectivity index (χ3v) is 5.60. The van der Waals surface area contributed by atoms with Gasteiger partial charge in [-0.1, -0.05) is 43.2 Å². The van der Waals surface area contributed by atoms with E-state index < -0.39 is 17.5 Å². The molecular weight excluding hydrogens is 330 g/mol. The first kappa shape index (κ1) is 17.0. The standard InChI is InChI=1S/C20H23N3O3/c24-17-10-11-23(13-20(17,19(25)26)12-14-6-7-14)18-9-8-16(21-22-18)15-4-2-1-3-5-15/h1-5,8-9,14,17,24H,6-7,10-13H2,(H,25,26)/t17-,20-/m1/s1. The van der Waals surface area contributed by atoms with E-state index in [0.29, 0.717) is 31.1 Å². The Kier molecular flexibility index (Phi) is 4.36. The molecule has 4 rings (SSSR count). The molecule has 1 aliphatic carbocycles. The predicted molar refractivity (Wildman–Crippen MR) is 97.7 cm³/mol. The van der Waals surface area contributed by atoms with Crippen LogP contribution in [-0.2, 0) is 4.79 Å². The van der Waals surface area contributed by atoms with Crippen LogP contribution in [0, 0.1) is 11.3 Å². The highest BCUT2D eigenvalue weighted by Crippen LogP contribution is 2.45. The zero-order chi connectivity index (χ0) is 18.1. The molecule has 0 radical (unpaired) electrons. The molecule has 2 fully saturated rings. The van der Waals surface area contributed by atoms with Crippen molar-refractivity contribution in [3.63, 3.8) is 0 Å².